The molecule has 9 nitrogen and oxygen atoms in total. The first-order valence-electron chi connectivity index (χ1n) is 17.1. The third kappa shape index (κ3) is 7.63. The van der Waals surface area contributed by atoms with Crippen molar-refractivity contribution in [2.75, 3.05) is 50.1 Å². The van der Waals surface area contributed by atoms with Gasteiger partial charge in [0, 0.05) is 67.3 Å². The molecule has 2 aliphatic heterocycles. The Morgan fingerprint density at radius 2 is 1.73 bits per heavy atom. The highest BCUT2D eigenvalue weighted by molar-refractivity contribution is 5.99. The SMILES string of the molecule is CCN(c1cc(-c2ccc(N3CCC(O)CC3)nc2)cc(C(=O)NCC2C(=O)NC(C)CC2C)c1C)C1CCC(N(C)C)CC1. The van der Waals surface area contributed by atoms with E-state index in [1.807, 2.05) is 19.2 Å². The number of piperidine rings is 2. The molecular weight excluding hydrogens is 564 g/mol. The number of hydrogen-bond acceptors (Lipinski definition) is 7. The van der Waals surface area contributed by atoms with Crippen LogP contribution in [0.25, 0.3) is 11.1 Å². The summed E-state index contributed by atoms with van der Waals surface area (Å²) in [5, 5.41) is 16.1. The summed E-state index contributed by atoms with van der Waals surface area (Å²) in [7, 11) is 4.35. The maximum atomic E-state index is 13.9. The van der Waals surface area contributed by atoms with Gasteiger partial charge in [-0.2, -0.15) is 0 Å². The Labute approximate surface area is 269 Å². The molecule has 5 rings (SSSR count). The minimum atomic E-state index is -0.236. The van der Waals surface area contributed by atoms with E-state index in [1.165, 1.54) is 12.8 Å². The Bertz CT molecular complexity index is 1310. The fourth-order valence-electron chi connectivity index (χ4n) is 7.73. The Hall–Kier alpha value is -3.17. The molecule has 1 aromatic carbocycles. The number of anilines is 2. The lowest BCUT2D eigenvalue weighted by molar-refractivity contribution is -0.129. The highest BCUT2D eigenvalue weighted by Gasteiger charge is 2.33. The molecule has 3 fully saturated rings. The second kappa shape index (κ2) is 14.5. The van der Waals surface area contributed by atoms with Crippen LogP contribution in [0.3, 0.4) is 0 Å². The van der Waals surface area contributed by atoms with Gasteiger partial charge in [-0.25, -0.2) is 4.98 Å². The summed E-state index contributed by atoms with van der Waals surface area (Å²) >= 11 is 0. The minimum absolute atomic E-state index is 0.0209. The van der Waals surface area contributed by atoms with Crippen LogP contribution in [0.15, 0.2) is 30.5 Å². The van der Waals surface area contributed by atoms with Gasteiger partial charge in [0.15, 0.2) is 0 Å². The number of nitrogens with one attached hydrogen (secondary N) is 2. The van der Waals surface area contributed by atoms with Crippen LogP contribution < -0.4 is 20.4 Å². The van der Waals surface area contributed by atoms with Gasteiger partial charge in [-0.15, -0.1) is 0 Å². The Morgan fingerprint density at radius 1 is 1.04 bits per heavy atom. The van der Waals surface area contributed by atoms with Crippen molar-refractivity contribution in [3.05, 3.63) is 41.6 Å². The highest BCUT2D eigenvalue weighted by atomic mass is 16.3. The van der Waals surface area contributed by atoms with Crippen LogP contribution in [0.5, 0.6) is 0 Å². The van der Waals surface area contributed by atoms with Crippen molar-refractivity contribution >= 4 is 23.3 Å². The van der Waals surface area contributed by atoms with Crippen molar-refractivity contribution in [2.24, 2.45) is 11.8 Å². The van der Waals surface area contributed by atoms with Crippen LogP contribution in [0.2, 0.25) is 0 Å². The second-order valence-electron chi connectivity index (χ2n) is 13.9. The Balaban J connectivity index is 1.44. The highest BCUT2D eigenvalue weighted by Crippen LogP contribution is 2.36. The summed E-state index contributed by atoms with van der Waals surface area (Å²) < 4.78 is 0. The van der Waals surface area contributed by atoms with Gasteiger partial charge in [-0.1, -0.05) is 6.92 Å². The van der Waals surface area contributed by atoms with E-state index < -0.39 is 0 Å². The van der Waals surface area contributed by atoms with E-state index in [-0.39, 0.29) is 35.8 Å². The number of aromatic nitrogens is 1. The van der Waals surface area contributed by atoms with Gasteiger partial charge in [0.2, 0.25) is 5.91 Å². The first-order valence-corrected chi connectivity index (χ1v) is 17.1. The molecule has 3 atom stereocenters. The van der Waals surface area contributed by atoms with Crippen LogP contribution in [0, 0.1) is 18.8 Å². The summed E-state index contributed by atoms with van der Waals surface area (Å²) in [6.07, 6.45) is 8.68. The molecule has 0 spiro atoms. The average Bonchev–Trinajstić information content (AvgIpc) is 3.02. The zero-order valence-electron chi connectivity index (χ0n) is 28.2. The molecule has 0 bridgehead atoms. The molecule has 2 amide bonds. The van der Waals surface area contributed by atoms with E-state index in [9.17, 15) is 14.7 Å². The van der Waals surface area contributed by atoms with Gasteiger partial charge in [-0.05, 0) is 121 Å². The quantitative estimate of drug-likeness (QED) is 0.378. The van der Waals surface area contributed by atoms with E-state index >= 15 is 0 Å². The number of nitrogens with zero attached hydrogens (tertiary/aromatic N) is 4. The minimum Gasteiger partial charge on any atom is -0.393 e. The lowest BCUT2D eigenvalue weighted by atomic mass is 9.84. The summed E-state index contributed by atoms with van der Waals surface area (Å²) in [6.45, 7) is 11.2. The number of carbonyl (C=O) groups is 2. The fraction of sp³-hybridized carbons (Fsp3) is 0.639. The van der Waals surface area contributed by atoms with Gasteiger partial charge >= 0.3 is 0 Å². The van der Waals surface area contributed by atoms with E-state index in [4.69, 9.17) is 4.98 Å². The third-order valence-corrected chi connectivity index (χ3v) is 10.6. The Morgan fingerprint density at radius 3 is 2.33 bits per heavy atom. The molecule has 3 N–H and O–H groups in total. The predicted octanol–water partition coefficient (Wildman–Crippen LogP) is 4.61. The number of hydrogen-bond donors (Lipinski definition) is 3. The fourth-order valence-corrected chi connectivity index (χ4v) is 7.73. The van der Waals surface area contributed by atoms with Gasteiger partial charge in [0.05, 0.1) is 12.0 Å². The lowest BCUT2D eigenvalue weighted by Gasteiger charge is -2.40. The third-order valence-electron chi connectivity index (χ3n) is 10.6. The predicted molar refractivity (Wildman–Crippen MR) is 182 cm³/mol. The van der Waals surface area contributed by atoms with Gasteiger partial charge < -0.3 is 30.4 Å². The number of carbonyl (C=O) groups excluding carboxylic acids is 2. The van der Waals surface area contributed by atoms with Gasteiger partial charge in [0.25, 0.3) is 5.91 Å². The molecule has 2 saturated heterocycles. The molecule has 9 heteroatoms. The number of aliphatic hydroxyl groups is 1. The van der Waals surface area contributed by atoms with E-state index in [0.29, 0.717) is 24.2 Å². The molecular formula is C36H54N6O3. The number of amides is 2. The first-order chi connectivity index (χ1) is 21.5. The summed E-state index contributed by atoms with van der Waals surface area (Å²) in [4.78, 5) is 38.5. The second-order valence-corrected chi connectivity index (χ2v) is 13.9. The lowest BCUT2D eigenvalue weighted by Crippen LogP contribution is -2.50. The van der Waals surface area contributed by atoms with Crippen molar-refractivity contribution in [2.45, 2.75) is 96.9 Å². The monoisotopic (exact) mass is 618 g/mol. The topological polar surface area (TPSA) is 101 Å². The zero-order chi connectivity index (χ0) is 32.2. The molecule has 1 saturated carbocycles. The van der Waals surface area contributed by atoms with Gasteiger partial charge in [-0.3, -0.25) is 9.59 Å². The summed E-state index contributed by atoms with van der Waals surface area (Å²) in [5.74, 6) is 0.765. The number of benzene rings is 1. The first kappa shape index (κ1) is 33.2. The van der Waals surface area contributed by atoms with Crippen LogP contribution >= 0.6 is 0 Å². The maximum Gasteiger partial charge on any atom is 0.251 e. The molecule has 0 radical (unpaired) electrons. The maximum absolute atomic E-state index is 13.9. The van der Waals surface area contributed by atoms with Crippen LogP contribution in [-0.2, 0) is 4.79 Å². The zero-order valence-corrected chi connectivity index (χ0v) is 28.2. The van der Waals surface area contributed by atoms with E-state index in [1.54, 1.807) is 0 Å². The normalized spacial score (nSPS) is 26.1. The molecule has 1 aromatic heterocycles. The van der Waals surface area contributed by atoms with Crippen LogP contribution in [0.4, 0.5) is 11.5 Å². The molecule has 2 aromatic rings. The standard InChI is InChI=1S/C36H54N6O3/c1-7-42(29-11-9-28(10-12-29)40(5)6)33-20-27(26-8-13-34(37-21-26)41-16-14-30(43)15-17-41)19-31(25(33)4)35(44)38-22-32-23(2)18-24(3)39-36(32)45/h8,13,19-21,23-24,28-30,32,43H,7,9-12,14-18,22H2,1-6H3,(H,38,44)(H,39,45). The van der Waals surface area contributed by atoms with Crippen LogP contribution in [-0.4, -0.2) is 91.3 Å². The Kier molecular flexibility index (Phi) is 10.7. The van der Waals surface area contributed by atoms with Gasteiger partial charge in [0.1, 0.15) is 5.82 Å². The molecule has 3 unspecified atom stereocenters. The molecule has 45 heavy (non-hydrogen) atoms. The van der Waals surface area contributed by atoms with Crippen molar-refractivity contribution in [1.82, 2.24) is 20.5 Å². The molecule has 3 heterocycles. The smallest absolute Gasteiger partial charge is 0.251 e. The molecule has 3 aliphatic rings. The van der Waals surface area contributed by atoms with E-state index in [2.05, 4.69) is 78.4 Å². The number of pyridine rings is 1. The summed E-state index contributed by atoms with van der Waals surface area (Å²) in [6, 6.07) is 9.57. The van der Waals surface area contributed by atoms with Crippen LogP contribution in [0.1, 0.15) is 81.6 Å². The van der Waals surface area contributed by atoms with Crippen molar-refractivity contribution in [1.29, 1.82) is 0 Å². The number of aliphatic hydroxyl groups excluding tert-OH is 1. The van der Waals surface area contributed by atoms with E-state index in [0.717, 1.165) is 79.9 Å². The number of rotatable bonds is 9. The van der Waals surface area contributed by atoms with Crippen molar-refractivity contribution in [3.8, 4) is 11.1 Å². The summed E-state index contributed by atoms with van der Waals surface area (Å²) in [5.41, 5.74) is 4.65. The average molecular weight is 619 g/mol. The largest absolute Gasteiger partial charge is 0.393 e. The molecule has 1 aliphatic carbocycles. The van der Waals surface area contributed by atoms with Crippen molar-refractivity contribution < 1.29 is 14.7 Å². The van der Waals surface area contributed by atoms with Crippen molar-refractivity contribution in [3.63, 3.8) is 0 Å². The molecule has 246 valence electrons.